The van der Waals surface area contributed by atoms with Crippen molar-refractivity contribution < 1.29 is 50.5 Å². The number of anilines is 1. The van der Waals surface area contributed by atoms with Gasteiger partial charge >= 0.3 is 12.4 Å². The van der Waals surface area contributed by atoms with Crippen LogP contribution in [-0.2, 0) is 33.0 Å². The zero-order chi connectivity index (χ0) is 36.2. The van der Waals surface area contributed by atoms with Crippen molar-refractivity contribution in [2.75, 3.05) is 78.1 Å². The fraction of sp³-hybridized carbons (Fsp3) is 0.588. The smallest absolute Gasteiger partial charge is 0.382 e. The van der Waals surface area contributed by atoms with E-state index in [1.165, 1.54) is 9.80 Å². The van der Waals surface area contributed by atoms with Crippen molar-refractivity contribution in [3.8, 4) is 0 Å². The highest BCUT2D eigenvalue weighted by molar-refractivity contribution is 5.95. The Morgan fingerprint density at radius 3 is 2.28 bits per heavy atom. The molecule has 0 aliphatic carbocycles. The molecular formula is C34H43F6N5O5. The number of alkyl halides is 6. The number of carbonyl (C=O) groups is 2. The van der Waals surface area contributed by atoms with Gasteiger partial charge in [0.05, 0.1) is 37.1 Å². The van der Waals surface area contributed by atoms with Crippen molar-refractivity contribution in [3.63, 3.8) is 0 Å². The summed E-state index contributed by atoms with van der Waals surface area (Å²) in [5, 5.41) is 13.3. The summed E-state index contributed by atoms with van der Waals surface area (Å²) in [6, 6.07) is 5.96. The summed E-state index contributed by atoms with van der Waals surface area (Å²) in [6.45, 7) is 6.54. The number of benzene rings is 2. The molecule has 10 nitrogen and oxygen atoms in total. The quantitative estimate of drug-likeness (QED) is 0.337. The van der Waals surface area contributed by atoms with E-state index in [9.17, 15) is 41.0 Å². The van der Waals surface area contributed by atoms with Crippen LogP contribution in [0.25, 0.3) is 0 Å². The molecule has 0 aromatic heterocycles. The van der Waals surface area contributed by atoms with E-state index in [0.717, 1.165) is 17.7 Å². The lowest BCUT2D eigenvalue weighted by Gasteiger charge is -2.43. The molecule has 2 amide bonds. The Labute approximate surface area is 286 Å². The minimum Gasteiger partial charge on any atom is -0.382 e. The zero-order valence-corrected chi connectivity index (χ0v) is 28.0. The van der Waals surface area contributed by atoms with Crippen LogP contribution in [0.4, 0.5) is 32.0 Å². The van der Waals surface area contributed by atoms with Gasteiger partial charge in [0.15, 0.2) is 0 Å². The first-order valence-electron chi connectivity index (χ1n) is 16.6. The van der Waals surface area contributed by atoms with E-state index in [2.05, 4.69) is 15.1 Å². The monoisotopic (exact) mass is 715 g/mol. The van der Waals surface area contributed by atoms with Gasteiger partial charge in [-0.2, -0.15) is 26.3 Å². The fourth-order valence-corrected chi connectivity index (χ4v) is 6.70. The van der Waals surface area contributed by atoms with Crippen molar-refractivity contribution in [2.45, 2.75) is 56.9 Å². The van der Waals surface area contributed by atoms with Gasteiger partial charge in [-0.15, -0.1) is 0 Å². The van der Waals surface area contributed by atoms with Gasteiger partial charge in [0, 0.05) is 83.1 Å². The van der Waals surface area contributed by atoms with E-state index in [1.807, 2.05) is 25.1 Å². The van der Waals surface area contributed by atoms with Gasteiger partial charge < -0.3 is 24.8 Å². The molecule has 3 aliphatic rings. The predicted molar refractivity (Wildman–Crippen MR) is 171 cm³/mol. The van der Waals surface area contributed by atoms with Crippen molar-refractivity contribution in [1.29, 1.82) is 0 Å². The Kier molecular flexibility index (Phi) is 12.0. The molecule has 2 N–H and O–H groups in total. The number of hydrogen-bond acceptors (Lipinski definition) is 8. The summed E-state index contributed by atoms with van der Waals surface area (Å²) >= 11 is 0. The summed E-state index contributed by atoms with van der Waals surface area (Å²) in [5.41, 5.74) is -1.45. The lowest BCUT2D eigenvalue weighted by Crippen LogP contribution is -2.57. The number of aliphatic hydroxyl groups is 1. The van der Waals surface area contributed by atoms with Crippen LogP contribution in [0.1, 0.15) is 45.5 Å². The molecule has 3 heterocycles. The molecule has 3 saturated heterocycles. The first-order valence-corrected chi connectivity index (χ1v) is 16.6. The third-order valence-electron chi connectivity index (χ3n) is 9.48. The molecule has 1 unspecified atom stereocenters. The molecule has 0 saturated carbocycles. The second-order valence-corrected chi connectivity index (χ2v) is 13.1. The number of aliphatic hydroxyl groups excluding tert-OH is 1. The highest BCUT2D eigenvalue weighted by Gasteiger charge is 2.39. The molecular weight excluding hydrogens is 672 g/mol. The first kappa shape index (κ1) is 37.8. The number of piperazine rings is 1. The largest absolute Gasteiger partial charge is 0.416 e. The van der Waals surface area contributed by atoms with E-state index < -0.39 is 47.2 Å². The molecule has 2 aromatic carbocycles. The maximum absolute atomic E-state index is 13.9. The van der Waals surface area contributed by atoms with E-state index in [1.54, 1.807) is 7.11 Å². The van der Waals surface area contributed by atoms with Gasteiger partial charge in [0.2, 0.25) is 5.91 Å². The number of likely N-dealkylation sites (tertiary alicyclic amines) is 1. The van der Waals surface area contributed by atoms with Gasteiger partial charge in [-0.1, -0.05) is 12.1 Å². The van der Waals surface area contributed by atoms with Gasteiger partial charge in [-0.05, 0) is 48.7 Å². The minimum absolute atomic E-state index is 0.0184. The molecule has 3 fully saturated rings. The number of amides is 2. The number of ether oxygens (including phenoxy) is 2. The van der Waals surface area contributed by atoms with Gasteiger partial charge in [0.1, 0.15) is 6.23 Å². The van der Waals surface area contributed by atoms with Gasteiger partial charge in [-0.3, -0.25) is 24.3 Å². The number of methoxy groups -OCH3 is 1. The van der Waals surface area contributed by atoms with Crippen LogP contribution in [-0.4, -0.2) is 128 Å². The van der Waals surface area contributed by atoms with Gasteiger partial charge in [0.25, 0.3) is 5.91 Å². The Bertz CT molecular complexity index is 1470. The van der Waals surface area contributed by atoms with E-state index in [4.69, 9.17) is 9.47 Å². The van der Waals surface area contributed by atoms with Crippen molar-refractivity contribution in [3.05, 3.63) is 64.2 Å². The van der Waals surface area contributed by atoms with Gasteiger partial charge in [-0.25, -0.2) is 0 Å². The average Bonchev–Trinajstić information content (AvgIpc) is 3.39. The third kappa shape index (κ3) is 9.46. The Morgan fingerprint density at radius 1 is 0.980 bits per heavy atom. The van der Waals surface area contributed by atoms with Crippen molar-refractivity contribution in [1.82, 2.24) is 19.6 Å². The topological polar surface area (TPSA) is 97.8 Å². The highest BCUT2D eigenvalue weighted by Crippen LogP contribution is 2.37. The second-order valence-electron chi connectivity index (χ2n) is 13.1. The number of rotatable bonds is 11. The molecule has 50 heavy (non-hydrogen) atoms. The van der Waals surface area contributed by atoms with Crippen molar-refractivity contribution >= 4 is 17.5 Å². The van der Waals surface area contributed by atoms with Crippen LogP contribution in [0.3, 0.4) is 0 Å². The summed E-state index contributed by atoms with van der Waals surface area (Å²) in [4.78, 5) is 33.1. The third-order valence-corrected chi connectivity index (χ3v) is 9.48. The maximum atomic E-state index is 13.9. The highest BCUT2D eigenvalue weighted by atomic mass is 19.4. The first-order chi connectivity index (χ1) is 23.6. The number of nitrogens with one attached hydrogen (secondary N) is 1. The molecule has 0 bridgehead atoms. The van der Waals surface area contributed by atoms with Crippen LogP contribution in [0.2, 0.25) is 0 Å². The van der Waals surface area contributed by atoms with Crippen molar-refractivity contribution in [2.24, 2.45) is 0 Å². The molecule has 16 heteroatoms. The van der Waals surface area contributed by atoms with Crippen LogP contribution >= 0.6 is 0 Å². The van der Waals surface area contributed by atoms with Crippen LogP contribution in [0, 0.1) is 6.92 Å². The molecule has 0 spiro atoms. The number of nitrogens with zero attached hydrogens (tertiary/aromatic N) is 4. The SMILES string of the molecule is COC[C@@H]1CN(CCN2CCN(C(=O)c3cc(C(F)(F)F)cc(C(F)(F)F)c3)[C@H](Cc3ccc(C)c(NCN4C(=O)CCC4O)c3)C2)CCO1. The van der Waals surface area contributed by atoms with E-state index >= 15 is 0 Å². The second kappa shape index (κ2) is 15.8. The summed E-state index contributed by atoms with van der Waals surface area (Å²) in [7, 11) is 1.61. The summed E-state index contributed by atoms with van der Waals surface area (Å²) in [5.74, 6) is -1.08. The number of carbonyl (C=O) groups excluding carboxylic acids is 2. The lowest BCUT2D eigenvalue weighted by atomic mass is 9.98. The summed E-state index contributed by atoms with van der Waals surface area (Å²) in [6.07, 6.45) is -10.3. The maximum Gasteiger partial charge on any atom is 0.416 e. The molecule has 2 aromatic rings. The number of morpholine rings is 1. The van der Waals surface area contributed by atoms with Crippen LogP contribution in [0.5, 0.6) is 0 Å². The normalized spacial score (nSPS) is 22.7. The molecule has 5 rings (SSSR count). The molecule has 0 radical (unpaired) electrons. The Morgan fingerprint density at radius 2 is 1.66 bits per heavy atom. The van der Waals surface area contributed by atoms with Crippen LogP contribution < -0.4 is 5.32 Å². The number of halogens is 6. The summed E-state index contributed by atoms with van der Waals surface area (Å²) < 4.78 is 93.0. The fourth-order valence-electron chi connectivity index (χ4n) is 6.70. The molecule has 3 aliphatic heterocycles. The molecule has 276 valence electrons. The van der Waals surface area contributed by atoms with E-state index in [0.29, 0.717) is 70.2 Å². The molecule has 3 atom stereocenters. The van der Waals surface area contributed by atoms with E-state index in [-0.39, 0.29) is 44.1 Å². The van der Waals surface area contributed by atoms with Crippen LogP contribution in [0.15, 0.2) is 36.4 Å². The minimum atomic E-state index is -5.09. The predicted octanol–water partition coefficient (Wildman–Crippen LogP) is 4.06. The number of aryl methyl sites for hydroxylation is 1. The Hall–Kier alpha value is -3.44. The number of hydrogen-bond donors (Lipinski definition) is 2. The lowest BCUT2D eigenvalue weighted by molar-refractivity contribution is -0.143. The average molecular weight is 716 g/mol. The zero-order valence-electron chi connectivity index (χ0n) is 28.0. The Balaban J connectivity index is 1.37. The standard InChI is InChI=1S/C34H43F6N5O5/c1-22-3-4-23(14-29(22)41-21-45-30(46)5-6-31(45)47)13-27-18-42(7-8-43-11-12-50-28(19-43)20-49-2)9-10-44(27)32(48)24-15-25(33(35,36)37)17-26(16-24)34(38,39)40/h3-4,14-17,27-28,30,41,46H,5-13,18-21H2,1-2H3/t27-,28+,30?/m1/s1.